The van der Waals surface area contributed by atoms with Gasteiger partial charge in [0.25, 0.3) is 0 Å². The molecule has 0 atom stereocenters. The van der Waals surface area contributed by atoms with E-state index in [1.807, 2.05) is 12.1 Å². The highest BCUT2D eigenvalue weighted by Gasteiger charge is 2.51. The molecule has 10 rings (SSSR count). The Bertz CT molecular complexity index is 2460. The van der Waals surface area contributed by atoms with Crippen LogP contribution in [0.25, 0.3) is 50.4 Å². The van der Waals surface area contributed by atoms with E-state index in [2.05, 4.69) is 162 Å². The predicted octanol–water partition coefficient (Wildman–Crippen LogP) is 10.8. The Morgan fingerprint density at radius 1 is 0.468 bits per heavy atom. The lowest BCUT2D eigenvalue weighted by molar-refractivity contribution is 0.438. The van der Waals surface area contributed by atoms with Gasteiger partial charge in [0.15, 0.2) is 0 Å². The Hall–Kier alpha value is -6.19. The molecule has 47 heavy (non-hydrogen) atoms. The summed E-state index contributed by atoms with van der Waals surface area (Å²) in [5.41, 5.74) is 13.3. The van der Waals surface area contributed by atoms with Crippen molar-refractivity contribution in [3.63, 3.8) is 0 Å². The number of aromatic nitrogens is 2. The zero-order valence-electron chi connectivity index (χ0n) is 25.5. The standard InChI is InChI=1S/C44H28N2O/c1-2-14-29(15-3-1)43-45-39-25-9-10-26-40(39)46(43)31-17-12-16-30(28-31)32-20-13-24-38-42(32)47-41-27-11-8-23-37(41)44(38)35-21-6-4-18-33(35)34-19-5-7-22-36(34)44/h1-28H. The molecule has 0 amide bonds. The highest BCUT2D eigenvalue weighted by Crippen LogP contribution is 2.63. The second kappa shape index (κ2) is 9.90. The molecule has 3 heteroatoms. The van der Waals surface area contributed by atoms with E-state index in [1.165, 1.54) is 27.8 Å². The van der Waals surface area contributed by atoms with Crippen molar-refractivity contribution in [3.8, 4) is 50.8 Å². The third-order valence-corrected chi connectivity index (χ3v) is 9.88. The molecule has 1 spiro atoms. The van der Waals surface area contributed by atoms with E-state index in [0.717, 1.165) is 56.3 Å². The molecule has 0 radical (unpaired) electrons. The summed E-state index contributed by atoms with van der Waals surface area (Å²) in [6, 6.07) is 60.4. The van der Waals surface area contributed by atoms with Gasteiger partial charge in [-0.3, -0.25) is 4.57 Å². The smallest absolute Gasteiger partial charge is 0.145 e. The van der Waals surface area contributed by atoms with Gasteiger partial charge in [-0.05, 0) is 58.1 Å². The number of hydrogen-bond donors (Lipinski definition) is 0. The van der Waals surface area contributed by atoms with Crippen molar-refractivity contribution in [2.45, 2.75) is 5.41 Å². The number of imidazole rings is 1. The second-order valence-corrected chi connectivity index (χ2v) is 12.3. The van der Waals surface area contributed by atoms with Crippen LogP contribution in [0, 0.1) is 0 Å². The quantitative estimate of drug-likeness (QED) is 0.202. The van der Waals surface area contributed by atoms with Gasteiger partial charge < -0.3 is 4.74 Å². The summed E-state index contributed by atoms with van der Waals surface area (Å²) in [5, 5.41) is 0. The van der Waals surface area contributed by atoms with Gasteiger partial charge in [-0.25, -0.2) is 4.98 Å². The van der Waals surface area contributed by atoms with Crippen LogP contribution in [0.1, 0.15) is 22.3 Å². The summed E-state index contributed by atoms with van der Waals surface area (Å²) in [6.45, 7) is 0. The molecule has 2 heterocycles. The summed E-state index contributed by atoms with van der Waals surface area (Å²) >= 11 is 0. The van der Waals surface area contributed by atoms with Crippen molar-refractivity contribution >= 4 is 11.0 Å². The van der Waals surface area contributed by atoms with Crippen molar-refractivity contribution in [2.24, 2.45) is 0 Å². The maximum absolute atomic E-state index is 6.95. The zero-order valence-corrected chi connectivity index (χ0v) is 25.5. The Kier molecular flexibility index (Phi) is 5.49. The first-order chi connectivity index (χ1) is 23.3. The normalized spacial score (nSPS) is 13.4. The third kappa shape index (κ3) is 3.60. The van der Waals surface area contributed by atoms with E-state index in [1.54, 1.807) is 0 Å². The number of ether oxygens (including phenoxy) is 1. The van der Waals surface area contributed by atoms with Gasteiger partial charge in [0.1, 0.15) is 17.3 Å². The molecule has 1 aromatic heterocycles. The molecule has 1 aliphatic heterocycles. The molecule has 2 aliphatic rings. The lowest BCUT2D eigenvalue weighted by Gasteiger charge is -2.40. The van der Waals surface area contributed by atoms with Crippen LogP contribution in [0.3, 0.4) is 0 Å². The Morgan fingerprint density at radius 3 is 1.87 bits per heavy atom. The van der Waals surface area contributed by atoms with Gasteiger partial charge in [-0.15, -0.1) is 0 Å². The van der Waals surface area contributed by atoms with Gasteiger partial charge in [-0.1, -0.05) is 140 Å². The predicted molar refractivity (Wildman–Crippen MR) is 189 cm³/mol. The minimum absolute atomic E-state index is 0.494. The summed E-state index contributed by atoms with van der Waals surface area (Å²) in [4.78, 5) is 5.09. The van der Waals surface area contributed by atoms with Crippen molar-refractivity contribution in [1.82, 2.24) is 9.55 Å². The van der Waals surface area contributed by atoms with Crippen LogP contribution in [-0.4, -0.2) is 9.55 Å². The summed E-state index contributed by atoms with van der Waals surface area (Å²) in [5.74, 6) is 2.71. The molecule has 3 nitrogen and oxygen atoms in total. The number of rotatable bonds is 3. The van der Waals surface area contributed by atoms with Gasteiger partial charge in [-0.2, -0.15) is 0 Å². The molecule has 0 saturated heterocycles. The highest BCUT2D eigenvalue weighted by atomic mass is 16.5. The van der Waals surface area contributed by atoms with Crippen LogP contribution >= 0.6 is 0 Å². The van der Waals surface area contributed by atoms with Crippen LogP contribution in [0.4, 0.5) is 0 Å². The van der Waals surface area contributed by atoms with E-state index in [-0.39, 0.29) is 0 Å². The average Bonchev–Trinajstić information content (AvgIpc) is 3.67. The van der Waals surface area contributed by atoms with Crippen molar-refractivity contribution in [3.05, 3.63) is 192 Å². The minimum atomic E-state index is -0.494. The first-order valence-corrected chi connectivity index (χ1v) is 16.1. The Labute approximate surface area is 273 Å². The first kappa shape index (κ1) is 26.1. The van der Waals surface area contributed by atoms with E-state index < -0.39 is 5.41 Å². The van der Waals surface area contributed by atoms with Crippen LogP contribution in [-0.2, 0) is 5.41 Å². The van der Waals surface area contributed by atoms with E-state index in [0.29, 0.717) is 0 Å². The summed E-state index contributed by atoms with van der Waals surface area (Å²) < 4.78 is 9.22. The topological polar surface area (TPSA) is 27.1 Å². The van der Waals surface area contributed by atoms with E-state index in [9.17, 15) is 0 Å². The molecular formula is C44H28N2O. The van der Waals surface area contributed by atoms with Crippen molar-refractivity contribution in [2.75, 3.05) is 0 Å². The minimum Gasteiger partial charge on any atom is -0.456 e. The molecule has 220 valence electrons. The molecule has 7 aromatic carbocycles. The first-order valence-electron chi connectivity index (χ1n) is 16.1. The molecule has 0 fully saturated rings. The van der Waals surface area contributed by atoms with E-state index in [4.69, 9.17) is 9.72 Å². The summed E-state index contributed by atoms with van der Waals surface area (Å²) in [7, 11) is 0. The molecule has 0 unspecified atom stereocenters. The second-order valence-electron chi connectivity index (χ2n) is 12.3. The van der Waals surface area contributed by atoms with Crippen LogP contribution in [0.15, 0.2) is 170 Å². The largest absolute Gasteiger partial charge is 0.456 e. The molecule has 0 saturated carbocycles. The zero-order chi connectivity index (χ0) is 31.0. The van der Waals surface area contributed by atoms with Gasteiger partial charge >= 0.3 is 0 Å². The van der Waals surface area contributed by atoms with Gasteiger partial charge in [0.2, 0.25) is 0 Å². The van der Waals surface area contributed by atoms with Crippen LogP contribution in [0.5, 0.6) is 11.5 Å². The number of benzene rings is 7. The van der Waals surface area contributed by atoms with E-state index >= 15 is 0 Å². The molecule has 0 bridgehead atoms. The fraction of sp³-hybridized carbons (Fsp3) is 0.0227. The number of nitrogens with zero attached hydrogens (tertiary/aromatic N) is 2. The van der Waals surface area contributed by atoms with Crippen molar-refractivity contribution < 1.29 is 4.74 Å². The lowest BCUT2D eigenvalue weighted by atomic mass is 9.65. The maximum atomic E-state index is 6.95. The maximum Gasteiger partial charge on any atom is 0.145 e. The molecule has 8 aromatic rings. The number of hydrogen-bond acceptors (Lipinski definition) is 2. The van der Waals surface area contributed by atoms with Gasteiger partial charge in [0, 0.05) is 27.9 Å². The molecule has 0 N–H and O–H groups in total. The average molecular weight is 601 g/mol. The molecule has 1 aliphatic carbocycles. The van der Waals surface area contributed by atoms with Crippen LogP contribution < -0.4 is 4.74 Å². The Morgan fingerprint density at radius 2 is 1.06 bits per heavy atom. The summed E-state index contributed by atoms with van der Waals surface area (Å²) in [6.07, 6.45) is 0. The number of fused-ring (bicyclic) bond motifs is 10. The van der Waals surface area contributed by atoms with Crippen LogP contribution in [0.2, 0.25) is 0 Å². The lowest BCUT2D eigenvalue weighted by Crippen LogP contribution is -2.32. The third-order valence-electron chi connectivity index (χ3n) is 9.88. The Balaban J connectivity index is 1.23. The monoisotopic (exact) mass is 600 g/mol. The number of para-hydroxylation sites is 4. The van der Waals surface area contributed by atoms with Crippen molar-refractivity contribution in [1.29, 1.82) is 0 Å². The van der Waals surface area contributed by atoms with Gasteiger partial charge in [0.05, 0.1) is 16.4 Å². The fourth-order valence-electron chi connectivity index (χ4n) is 7.99. The SMILES string of the molecule is c1ccc(-c2nc3ccccc3n2-c2cccc(-c3cccc4c3Oc3ccccc3C43c4ccccc4-c4ccccc43)c2)cc1. The highest BCUT2D eigenvalue weighted by molar-refractivity contribution is 5.91. The fourth-order valence-corrected chi connectivity index (χ4v) is 7.99. The molecular weight excluding hydrogens is 572 g/mol.